The first-order valence-electron chi connectivity index (χ1n) is 8.48. The Kier molecular flexibility index (Phi) is 4.83. The van der Waals surface area contributed by atoms with E-state index in [0.717, 1.165) is 29.7 Å². The van der Waals surface area contributed by atoms with Gasteiger partial charge < -0.3 is 5.32 Å². The summed E-state index contributed by atoms with van der Waals surface area (Å²) in [4.78, 5) is 1.59. The number of nitrogens with one attached hydrogen (secondary N) is 1. The zero-order valence-corrected chi connectivity index (χ0v) is 13.8. The Bertz CT molecular complexity index is 394. The third-order valence-electron chi connectivity index (χ3n) is 5.41. The highest BCUT2D eigenvalue weighted by atomic mass is 32.1. The fraction of sp³-hybridized carbons (Fsp3) is 0.778. The minimum absolute atomic E-state index is 0.859. The molecule has 1 nitrogen and oxygen atoms in total. The van der Waals surface area contributed by atoms with Gasteiger partial charge in [-0.25, -0.2) is 0 Å². The molecule has 20 heavy (non-hydrogen) atoms. The first kappa shape index (κ1) is 14.6. The number of hydrogen-bond acceptors (Lipinski definition) is 2. The van der Waals surface area contributed by atoms with Crippen LogP contribution in [0.3, 0.4) is 0 Å². The van der Waals surface area contributed by atoms with Gasteiger partial charge in [0.15, 0.2) is 0 Å². The van der Waals surface area contributed by atoms with Gasteiger partial charge in [0, 0.05) is 10.9 Å². The fourth-order valence-electron chi connectivity index (χ4n) is 3.78. The van der Waals surface area contributed by atoms with E-state index in [2.05, 4.69) is 36.7 Å². The highest BCUT2D eigenvalue weighted by Gasteiger charge is 2.33. The molecule has 0 bridgehead atoms. The smallest absolute Gasteiger partial charge is 0.00683 e. The van der Waals surface area contributed by atoms with Crippen LogP contribution in [0, 0.1) is 23.7 Å². The van der Waals surface area contributed by atoms with Crippen molar-refractivity contribution in [3.05, 3.63) is 22.4 Å². The molecule has 1 aromatic rings. The summed E-state index contributed by atoms with van der Waals surface area (Å²) in [5.41, 5.74) is 0. The molecular formula is C18H29NS. The van der Waals surface area contributed by atoms with Gasteiger partial charge in [0.1, 0.15) is 0 Å². The Morgan fingerprint density at radius 2 is 2.05 bits per heavy atom. The lowest BCUT2D eigenvalue weighted by Crippen LogP contribution is -2.36. The summed E-state index contributed by atoms with van der Waals surface area (Å²) in [5.74, 6) is 3.63. The molecule has 112 valence electrons. The van der Waals surface area contributed by atoms with Gasteiger partial charge in [0.05, 0.1) is 0 Å². The second kappa shape index (κ2) is 6.62. The minimum atomic E-state index is 0.859. The molecule has 2 aliphatic rings. The first-order valence-corrected chi connectivity index (χ1v) is 9.36. The Morgan fingerprint density at radius 1 is 1.20 bits per heavy atom. The molecular weight excluding hydrogens is 262 g/mol. The van der Waals surface area contributed by atoms with E-state index in [1.54, 1.807) is 4.88 Å². The zero-order valence-electron chi connectivity index (χ0n) is 13.0. The van der Waals surface area contributed by atoms with Crippen LogP contribution in [0.5, 0.6) is 0 Å². The van der Waals surface area contributed by atoms with E-state index in [9.17, 15) is 0 Å². The van der Waals surface area contributed by atoms with Crippen LogP contribution in [0.15, 0.2) is 17.5 Å². The van der Waals surface area contributed by atoms with Crippen molar-refractivity contribution in [3.8, 4) is 0 Å². The molecule has 2 saturated carbocycles. The summed E-state index contributed by atoms with van der Waals surface area (Å²) in [6.45, 7) is 6.09. The topological polar surface area (TPSA) is 12.0 Å². The number of thiophene rings is 1. The molecule has 0 radical (unpaired) electrons. The minimum Gasteiger partial charge on any atom is -0.314 e. The van der Waals surface area contributed by atoms with Crippen molar-refractivity contribution in [1.82, 2.24) is 5.32 Å². The lowest BCUT2D eigenvalue weighted by molar-refractivity contribution is 0.145. The SMILES string of the molecule is CC(C)C1CCC(CNC2CC2)C(Cc2cccs2)C1. The summed E-state index contributed by atoms with van der Waals surface area (Å²) in [7, 11) is 0. The average molecular weight is 292 g/mol. The van der Waals surface area contributed by atoms with Gasteiger partial charge in [-0.1, -0.05) is 19.9 Å². The Labute approximate surface area is 128 Å². The largest absolute Gasteiger partial charge is 0.314 e. The second-order valence-corrected chi connectivity index (χ2v) is 8.34. The Balaban J connectivity index is 1.60. The molecule has 0 aromatic carbocycles. The molecule has 2 heteroatoms. The van der Waals surface area contributed by atoms with Gasteiger partial charge in [-0.3, -0.25) is 0 Å². The van der Waals surface area contributed by atoms with E-state index in [0.29, 0.717) is 0 Å². The lowest BCUT2D eigenvalue weighted by atomic mass is 9.69. The van der Waals surface area contributed by atoms with Crippen LogP contribution >= 0.6 is 11.3 Å². The summed E-state index contributed by atoms with van der Waals surface area (Å²) in [5, 5.41) is 6.02. The molecule has 3 rings (SSSR count). The van der Waals surface area contributed by atoms with Crippen molar-refractivity contribution in [2.24, 2.45) is 23.7 Å². The van der Waals surface area contributed by atoms with Crippen LogP contribution in [0.1, 0.15) is 50.8 Å². The zero-order chi connectivity index (χ0) is 13.9. The van der Waals surface area contributed by atoms with Gasteiger partial charge in [-0.2, -0.15) is 0 Å². The Morgan fingerprint density at radius 3 is 2.70 bits per heavy atom. The molecule has 1 N–H and O–H groups in total. The predicted molar refractivity (Wildman–Crippen MR) is 88.2 cm³/mol. The van der Waals surface area contributed by atoms with Gasteiger partial charge >= 0.3 is 0 Å². The van der Waals surface area contributed by atoms with E-state index >= 15 is 0 Å². The van der Waals surface area contributed by atoms with Crippen molar-refractivity contribution < 1.29 is 0 Å². The standard InChI is InChI=1S/C18H29NS/c1-13(2)14-5-6-15(12-19-17-7-8-17)16(10-14)11-18-4-3-9-20-18/h3-4,9,13-17,19H,5-8,10-12H2,1-2H3. The summed E-state index contributed by atoms with van der Waals surface area (Å²) < 4.78 is 0. The van der Waals surface area contributed by atoms with E-state index in [1.807, 2.05) is 11.3 Å². The maximum Gasteiger partial charge on any atom is 0.00683 e. The van der Waals surface area contributed by atoms with Gasteiger partial charge in [-0.15, -0.1) is 11.3 Å². The predicted octanol–water partition coefficient (Wildman–Crippen LogP) is 4.73. The van der Waals surface area contributed by atoms with E-state index < -0.39 is 0 Å². The van der Waals surface area contributed by atoms with Crippen LogP contribution in [0.4, 0.5) is 0 Å². The molecule has 1 heterocycles. The number of rotatable bonds is 6. The Hall–Kier alpha value is -0.340. The normalized spacial score (nSPS) is 30.9. The molecule has 2 aliphatic carbocycles. The van der Waals surface area contributed by atoms with Crippen molar-refractivity contribution in [2.45, 2.75) is 58.4 Å². The molecule has 1 aromatic heterocycles. The van der Waals surface area contributed by atoms with Crippen LogP contribution in [0.25, 0.3) is 0 Å². The molecule has 0 spiro atoms. The monoisotopic (exact) mass is 291 g/mol. The molecule has 2 fully saturated rings. The van der Waals surface area contributed by atoms with Crippen molar-refractivity contribution in [3.63, 3.8) is 0 Å². The summed E-state index contributed by atoms with van der Waals surface area (Å²) >= 11 is 1.94. The molecule has 0 amide bonds. The fourth-order valence-corrected chi connectivity index (χ4v) is 4.58. The second-order valence-electron chi connectivity index (χ2n) is 7.30. The van der Waals surface area contributed by atoms with Crippen molar-refractivity contribution in [1.29, 1.82) is 0 Å². The van der Waals surface area contributed by atoms with Crippen LogP contribution in [-0.2, 0) is 6.42 Å². The highest BCUT2D eigenvalue weighted by Crippen LogP contribution is 2.39. The van der Waals surface area contributed by atoms with Crippen molar-refractivity contribution in [2.75, 3.05) is 6.54 Å². The van der Waals surface area contributed by atoms with Gasteiger partial charge in [0.25, 0.3) is 0 Å². The van der Waals surface area contributed by atoms with Gasteiger partial charge in [-0.05, 0) is 80.2 Å². The van der Waals surface area contributed by atoms with Crippen LogP contribution in [-0.4, -0.2) is 12.6 Å². The third kappa shape index (κ3) is 3.85. The molecule has 0 saturated heterocycles. The maximum absolute atomic E-state index is 3.78. The van der Waals surface area contributed by atoms with E-state index in [1.165, 1.54) is 45.1 Å². The highest BCUT2D eigenvalue weighted by molar-refractivity contribution is 7.09. The average Bonchev–Trinajstić information content (AvgIpc) is 3.13. The number of hydrogen-bond donors (Lipinski definition) is 1. The lowest BCUT2D eigenvalue weighted by Gasteiger charge is -2.38. The van der Waals surface area contributed by atoms with Crippen LogP contribution < -0.4 is 5.32 Å². The quantitative estimate of drug-likeness (QED) is 0.799. The van der Waals surface area contributed by atoms with Gasteiger partial charge in [0.2, 0.25) is 0 Å². The third-order valence-corrected chi connectivity index (χ3v) is 6.31. The molecule has 3 unspecified atom stereocenters. The summed E-state index contributed by atoms with van der Waals surface area (Å²) in [6, 6.07) is 5.40. The molecule has 3 atom stereocenters. The first-order chi connectivity index (χ1) is 9.72. The van der Waals surface area contributed by atoms with E-state index in [-0.39, 0.29) is 0 Å². The molecule has 0 aliphatic heterocycles. The maximum atomic E-state index is 3.78. The van der Waals surface area contributed by atoms with Crippen molar-refractivity contribution >= 4 is 11.3 Å². The van der Waals surface area contributed by atoms with E-state index in [4.69, 9.17) is 0 Å². The van der Waals surface area contributed by atoms with Crippen LogP contribution in [0.2, 0.25) is 0 Å². The summed E-state index contributed by atoms with van der Waals surface area (Å²) in [6.07, 6.45) is 8.49.